The van der Waals surface area contributed by atoms with Gasteiger partial charge in [0.05, 0.1) is 6.04 Å². The van der Waals surface area contributed by atoms with Crippen molar-refractivity contribution < 1.29 is 24.0 Å². The van der Waals surface area contributed by atoms with Gasteiger partial charge in [-0.25, -0.2) is 0 Å². The van der Waals surface area contributed by atoms with Crippen LogP contribution in [0.2, 0.25) is 0 Å². The molecule has 0 aromatic carbocycles. The SMILES string of the molecule is CC(=O)[C@H](C)NC(=O)C(NC(=O)CCCCCN1C(=O)C=CC1=O)C(C)C. The number of nitrogens with zero attached hydrogens (tertiary/aromatic N) is 1. The van der Waals surface area contributed by atoms with E-state index in [1.807, 2.05) is 13.8 Å². The zero-order chi connectivity index (χ0) is 20.6. The van der Waals surface area contributed by atoms with Gasteiger partial charge in [-0.2, -0.15) is 0 Å². The summed E-state index contributed by atoms with van der Waals surface area (Å²) >= 11 is 0. The van der Waals surface area contributed by atoms with E-state index >= 15 is 0 Å². The molecule has 8 nitrogen and oxygen atoms in total. The average molecular weight is 379 g/mol. The summed E-state index contributed by atoms with van der Waals surface area (Å²) in [6, 6.07) is -1.30. The highest BCUT2D eigenvalue weighted by atomic mass is 16.2. The van der Waals surface area contributed by atoms with Gasteiger partial charge < -0.3 is 10.6 Å². The summed E-state index contributed by atoms with van der Waals surface area (Å²) in [5, 5.41) is 5.32. The summed E-state index contributed by atoms with van der Waals surface area (Å²) in [7, 11) is 0. The standard InChI is InChI=1S/C19H29N3O5/c1-12(2)18(19(27)20-13(3)14(4)23)21-15(24)8-6-5-7-11-22-16(25)9-10-17(22)26/h9-10,12-13,18H,5-8,11H2,1-4H3,(H,20,27)(H,21,24)/t13-,18?/m0/s1. The topological polar surface area (TPSA) is 113 Å². The predicted octanol–water partition coefficient (Wildman–Crippen LogP) is 0.706. The average Bonchev–Trinajstić information content (AvgIpc) is 2.90. The molecule has 1 aliphatic rings. The van der Waals surface area contributed by atoms with Crippen molar-refractivity contribution in [2.45, 2.75) is 65.5 Å². The molecular weight excluding hydrogens is 350 g/mol. The number of ketones is 1. The summed E-state index contributed by atoms with van der Waals surface area (Å²) in [6.07, 6.45) is 4.64. The Labute approximate surface area is 159 Å². The highest BCUT2D eigenvalue weighted by Crippen LogP contribution is 2.09. The number of rotatable bonds is 11. The Morgan fingerprint density at radius 1 is 0.963 bits per heavy atom. The zero-order valence-electron chi connectivity index (χ0n) is 16.4. The van der Waals surface area contributed by atoms with Crippen LogP contribution in [-0.4, -0.2) is 52.9 Å². The van der Waals surface area contributed by atoms with Crippen LogP contribution in [-0.2, 0) is 24.0 Å². The number of amides is 4. The lowest BCUT2D eigenvalue weighted by Crippen LogP contribution is -2.52. The maximum Gasteiger partial charge on any atom is 0.253 e. The fourth-order valence-corrected chi connectivity index (χ4v) is 2.57. The van der Waals surface area contributed by atoms with E-state index in [-0.39, 0.29) is 41.8 Å². The van der Waals surface area contributed by atoms with Crippen LogP contribution in [0.1, 0.15) is 53.4 Å². The van der Waals surface area contributed by atoms with Gasteiger partial charge in [0.2, 0.25) is 11.8 Å². The van der Waals surface area contributed by atoms with Crippen LogP contribution in [0.5, 0.6) is 0 Å². The van der Waals surface area contributed by atoms with Crippen LogP contribution in [0.4, 0.5) is 0 Å². The van der Waals surface area contributed by atoms with Crippen molar-refractivity contribution in [3.05, 3.63) is 12.2 Å². The van der Waals surface area contributed by atoms with Crippen LogP contribution in [0, 0.1) is 5.92 Å². The van der Waals surface area contributed by atoms with E-state index in [9.17, 15) is 24.0 Å². The second-order valence-electron chi connectivity index (χ2n) is 7.10. The van der Waals surface area contributed by atoms with Gasteiger partial charge in [0.15, 0.2) is 5.78 Å². The third-order valence-electron chi connectivity index (χ3n) is 4.42. The van der Waals surface area contributed by atoms with Gasteiger partial charge in [-0.1, -0.05) is 20.3 Å². The van der Waals surface area contributed by atoms with E-state index in [1.54, 1.807) is 6.92 Å². The lowest BCUT2D eigenvalue weighted by Gasteiger charge is -2.23. The maximum atomic E-state index is 12.3. The van der Waals surface area contributed by atoms with Crippen molar-refractivity contribution in [3.63, 3.8) is 0 Å². The third kappa shape index (κ3) is 7.32. The minimum atomic E-state index is -0.704. The van der Waals surface area contributed by atoms with Gasteiger partial charge in [0, 0.05) is 25.1 Å². The van der Waals surface area contributed by atoms with Crippen molar-refractivity contribution in [1.29, 1.82) is 0 Å². The number of Topliss-reactive ketones (excluding diaryl/α,β-unsaturated/α-hetero) is 1. The number of nitrogens with one attached hydrogen (secondary N) is 2. The maximum absolute atomic E-state index is 12.3. The number of hydrogen-bond acceptors (Lipinski definition) is 5. The van der Waals surface area contributed by atoms with Crippen molar-refractivity contribution in [2.24, 2.45) is 5.92 Å². The first kappa shape index (κ1) is 22.5. The van der Waals surface area contributed by atoms with Crippen molar-refractivity contribution in [1.82, 2.24) is 15.5 Å². The van der Waals surface area contributed by atoms with E-state index < -0.39 is 12.1 Å². The zero-order valence-corrected chi connectivity index (χ0v) is 16.4. The smallest absolute Gasteiger partial charge is 0.253 e. The molecule has 0 radical (unpaired) electrons. The van der Waals surface area contributed by atoms with Gasteiger partial charge in [-0.3, -0.25) is 28.9 Å². The lowest BCUT2D eigenvalue weighted by molar-refractivity contribution is -0.137. The molecule has 0 bridgehead atoms. The molecule has 0 aliphatic carbocycles. The second kappa shape index (κ2) is 10.6. The first-order chi connectivity index (χ1) is 12.6. The van der Waals surface area contributed by atoms with E-state index in [0.717, 1.165) is 0 Å². The normalized spacial score (nSPS) is 15.8. The Hall–Kier alpha value is -2.51. The molecule has 0 spiro atoms. The number of carbonyl (C=O) groups excluding carboxylic acids is 5. The quantitative estimate of drug-likeness (QED) is 0.405. The number of unbranched alkanes of at least 4 members (excludes halogenated alkanes) is 2. The predicted molar refractivity (Wildman–Crippen MR) is 99.4 cm³/mol. The molecule has 0 aromatic heterocycles. The second-order valence-corrected chi connectivity index (χ2v) is 7.10. The Kier molecular flexibility index (Phi) is 8.84. The first-order valence-electron chi connectivity index (χ1n) is 9.27. The molecule has 27 heavy (non-hydrogen) atoms. The fourth-order valence-electron chi connectivity index (χ4n) is 2.57. The van der Waals surface area contributed by atoms with Gasteiger partial charge in [-0.15, -0.1) is 0 Å². The van der Waals surface area contributed by atoms with Crippen LogP contribution in [0.3, 0.4) is 0 Å². The van der Waals surface area contributed by atoms with Gasteiger partial charge in [-0.05, 0) is 32.6 Å². The summed E-state index contributed by atoms with van der Waals surface area (Å²) in [4.78, 5) is 59.7. The summed E-state index contributed by atoms with van der Waals surface area (Å²) in [6.45, 7) is 6.98. The largest absolute Gasteiger partial charge is 0.345 e. The molecule has 2 atom stereocenters. The molecule has 0 saturated carbocycles. The van der Waals surface area contributed by atoms with Crippen molar-refractivity contribution in [2.75, 3.05) is 6.54 Å². The molecule has 1 rings (SSSR count). The van der Waals surface area contributed by atoms with E-state index in [2.05, 4.69) is 10.6 Å². The Balaban J connectivity index is 2.33. The van der Waals surface area contributed by atoms with Crippen molar-refractivity contribution in [3.8, 4) is 0 Å². The molecule has 0 saturated heterocycles. The minimum absolute atomic E-state index is 0.118. The Morgan fingerprint density at radius 3 is 2.07 bits per heavy atom. The minimum Gasteiger partial charge on any atom is -0.345 e. The Bertz CT molecular complexity index is 609. The molecule has 150 valence electrons. The summed E-state index contributed by atoms with van der Waals surface area (Å²) in [5.74, 6) is -1.49. The molecule has 8 heteroatoms. The molecule has 1 aliphatic heterocycles. The van der Waals surface area contributed by atoms with E-state index in [4.69, 9.17) is 0 Å². The highest BCUT2D eigenvalue weighted by molar-refractivity contribution is 6.12. The number of imide groups is 1. The highest BCUT2D eigenvalue weighted by Gasteiger charge is 2.26. The van der Waals surface area contributed by atoms with Gasteiger partial charge in [0.1, 0.15) is 6.04 Å². The van der Waals surface area contributed by atoms with E-state index in [1.165, 1.54) is 24.0 Å². The lowest BCUT2D eigenvalue weighted by atomic mass is 10.0. The van der Waals surface area contributed by atoms with E-state index in [0.29, 0.717) is 25.8 Å². The van der Waals surface area contributed by atoms with Crippen LogP contribution < -0.4 is 10.6 Å². The molecule has 2 N–H and O–H groups in total. The summed E-state index contributed by atoms with van der Waals surface area (Å²) < 4.78 is 0. The van der Waals surface area contributed by atoms with Gasteiger partial charge >= 0.3 is 0 Å². The molecule has 1 heterocycles. The third-order valence-corrected chi connectivity index (χ3v) is 4.42. The fraction of sp³-hybridized carbons (Fsp3) is 0.632. The molecule has 0 aromatic rings. The molecule has 0 fully saturated rings. The Morgan fingerprint density at radius 2 is 1.56 bits per heavy atom. The van der Waals surface area contributed by atoms with Crippen LogP contribution in [0.15, 0.2) is 12.2 Å². The first-order valence-corrected chi connectivity index (χ1v) is 9.27. The number of carbonyl (C=O) groups is 5. The van der Waals surface area contributed by atoms with Gasteiger partial charge in [0.25, 0.3) is 11.8 Å². The molecule has 4 amide bonds. The number of hydrogen-bond donors (Lipinski definition) is 2. The van der Waals surface area contributed by atoms with Crippen LogP contribution >= 0.6 is 0 Å². The summed E-state index contributed by atoms with van der Waals surface area (Å²) in [5.41, 5.74) is 0. The van der Waals surface area contributed by atoms with Crippen LogP contribution in [0.25, 0.3) is 0 Å². The molecule has 1 unspecified atom stereocenters. The monoisotopic (exact) mass is 379 g/mol. The molecular formula is C19H29N3O5. The van der Waals surface area contributed by atoms with Crippen molar-refractivity contribution >= 4 is 29.4 Å².